The van der Waals surface area contributed by atoms with E-state index in [0.717, 1.165) is 17.7 Å². The summed E-state index contributed by atoms with van der Waals surface area (Å²) in [7, 11) is 0. The molecule has 21 heavy (non-hydrogen) atoms. The molecule has 0 fully saturated rings. The van der Waals surface area contributed by atoms with Gasteiger partial charge >= 0.3 is 0 Å². The Morgan fingerprint density at radius 3 is 2.86 bits per heavy atom. The Morgan fingerprint density at radius 2 is 2.05 bits per heavy atom. The van der Waals surface area contributed by atoms with Gasteiger partial charge in [-0.15, -0.1) is 0 Å². The maximum atomic E-state index is 14.0. The van der Waals surface area contributed by atoms with Crippen LogP contribution in [0.4, 0.5) is 4.39 Å². The van der Waals surface area contributed by atoms with Gasteiger partial charge < -0.3 is 10.5 Å². The summed E-state index contributed by atoms with van der Waals surface area (Å²) in [5.41, 5.74) is 7.77. The van der Waals surface area contributed by atoms with E-state index < -0.39 is 6.04 Å². The van der Waals surface area contributed by atoms with Crippen LogP contribution < -0.4 is 10.5 Å². The molecule has 1 aliphatic rings. The summed E-state index contributed by atoms with van der Waals surface area (Å²) in [5.74, 6) is 0.830. The van der Waals surface area contributed by atoms with Crippen LogP contribution in [0.25, 0.3) is 0 Å². The Morgan fingerprint density at radius 1 is 1.24 bits per heavy atom. The van der Waals surface area contributed by atoms with Gasteiger partial charge in [-0.05, 0) is 42.5 Å². The van der Waals surface area contributed by atoms with E-state index in [4.69, 9.17) is 22.1 Å². The molecule has 0 saturated heterocycles. The van der Waals surface area contributed by atoms with Crippen molar-refractivity contribution < 1.29 is 9.13 Å². The van der Waals surface area contributed by atoms with Gasteiger partial charge in [0.25, 0.3) is 0 Å². The molecule has 4 heteroatoms. The molecule has 2 aromatic carbocycles. The Bertz CT molecular complexity index is 626. The van der Waals surface area contributed by atoms with Crippen LogP contribution in [0.5, 0.6) is 5.75 Å². The van der Waals surface area contributed by atoms with Crippen LogP contribution >= 0.6 is 11.6 Å². The van der Waals surface area contributed by atoms with E-state index in [1.807, 2.05) is 18.2 Å². The molecule has 0 radical (unpaired) electrons. The van der Waals surface area contributed by atoms with Crippen LogP contribution in [0.2, 0.25) is 5.02 Å². The minimum absolute atomic E-state index is 0.264. The van der Waals surface area contributed by atoms with Crippen molar-refractivity contribution in [1.82, 2.24) is 0 Å². The molecule has 0 amide bonds. The van der Waals surface area contributed by atoms with E-state index >= 15 is 0 Å². The molecule has 1 heterocycles. The lowest BCUT2D eigenvalue weighted by atomic mass is 9.86. The van der Waals surface area contributed by atoms with Crippen molar-refractivity contribution in [3.05, 3.63) is 64.4 Å². The molecular weight excluding hydrogens is 289 g/mol. The summed E-state index contributed by atoms with van der Waals surface area (Å²) >= 11 is 6.10. The maximum absolute atomic E-state index is 14.0. The highest BCUT2D eigenvalue weighted by Gasteiger charge is 2.25. The van der Waals surface area contributed by atoms with E-state index in [9.17, 15) is 4.39 Å². The van der Waals surface area contributed by atoms with Gasteiger partial charge in [0.15, 0.2) is 0 Å². The van der Waals surface area contributed by atoms with Crippen molar-refractivity contribution >= 4 is 11.6 Å². The van der Waals surface area contributed by atoms with Crippen LogP contribution in [0.3, 0.4) is 0 Å². The van der Waals surface area contributed by atoms with Crippen LogP contribution in [0.1, 0.15) is 35.9 Å². The normalized spacial score (nSPS) is 18.7. The molecule has 2 N–H and O–H groups in total. The van der Waals surface area contributed by atoms with Gasteiger partial charge in [-0.3, -0.25) is 0 Å². The van der Waals surface area contributed by atoms with Crippen LogP contribution in [-0.2, 0) is 0 Å². The first-order valence-corrected chi connectivity index (χ1v) is 7.46. The Kier molecular flexibility index (Phi) is 4.13. The second-order valence-electron chi connectivity index (χ2n) is 5.35. The van der Waals surface area contributed by atoms with Crippen molar-refractivity contribution in [2.24, 2.45) is 5.73 Å². The largest absolute Gasteiger partial charge is 0.493 e. The highest BCUT2D eigenvalue weighted by atomic mass is 35.5. The number of para-hydroxylation sites is 1. The monoisotopic (exact) mass is 305 g/mol. The van der Waals surface area contributed by atoms with Crippen molar-refractivity contribution in [3.8, 4) is 5.75 Å². The van der Waals surface area contributed by atoms with Crippen molar-refractivity contribution in [1.29, 1.82) is 0 Å². The van der Waals surface area contributed by atoms with Gasteiger partial charge in [0.2, 0.25) is 0 Å². The van der Waals surface area contributed by atoms with Crippen molar-refractivity contribution in [3.63, 3.8) is 0 Å². The van der Waals surface area contributed by atoms with Crippen molar-refractivity contribution in [2.75, 3.05) is 6.61 Å². The molecule has 2 nitrogen and oxygen atoms in total. The number of hydrogen-bond donors (Lipinski definition) is 1. The molecule has 3 rings (SSSR count). The molecule has 2 unspecified atom stereocenters. The minimum Gasteiger partial charge on any atom is -0.493 e. The SMILES string of the molecule is NC(CC1CCOc2ccccc21)c1c(F)cccc1Cl. The minimum atomic E-state index is -0.421. The predicted octanol–water partition coefficient (Wildman–Crippen LogP) is 4.44. The van der Waals surface area contributed by atoms with Crippen LogP contribution in [0.15, 0.2) is 42.5 Å². The number of hydrogen-bond acceptors (Lipinski definition) is 2. The average molecular weight is 306 g/mol. The van der Waals surface area contributed by atoms with E-state index in [1.54, 1.807) is 12.1 Å². The predicted molar refractivity (Wildman–Crippen MR) is 82.3 cm³/mol. The zero-order valence-corrected chi connectivity index (χ0v) is 12.3. The molecule has 0 saturated carbocycles. The summed E-state index contributed by atoms with van der Waals surface area (Å²) in [4.78, 5) is 0. The lowest BCUT2D eigenvalue weighted by Gasteiger charge is -2.28. The third kappa shape index (κ3) is 2.89. The average Bonchev–Trinajstić information content (AvgIpc) is 2.47. The number of halogens is 2. The molecule has 1 aliphatic heterocycles. The number of ether oxygens (including phenoxy) is 1. The Hall–Kier alpha value is -1.58. The first-order valence-electron chi connectivity index (χ1n) is 7.08. The van der Waals surface area contributed by atoms with Gasteiger partial charge in [0, 0.05) is 16.6 Å². The lowest BCUT2D eigenvalue weighted by Crippen LogP contribution is -2.21. The molecule has 0 bridgehead atoms. The summed E-state index contributed by atoms with van der Waals surface area (Å²) < 4.78 is 19.6. The van der Waals surface area contributed by atoms with E-state index in [0.29, 0.717) is 23.6 Å². The molecule has 0 aliphatic carbocycles. The lowest BCUT2D eigenvalue weighted by molar-refractivity contribution is 0.259. The Labute approximate surface area is 128 Å². The second kappa shape index (κ2) is 6.04. The van der Waals surface area contributed by atoms with E-state index in [1.165, 1.54) is 6.07 Å². The smallest absolute Gasteiger partial charge is 0.129 e. The second-order valence-corrected chi connectivity index (χ2v) is 5.76. The zero-order valence-electron chi connectivity index (χ0n) is 11.6. The highest BCUT2D eigenvalue weighted by Crippen LogP contribution is 2.39. The van der Waals surface area contributed by atoms with Gasteiger partial charge in [0.1, 0.15) is 11.6 Å². The fourth-order valence-corrected chi connectivity index (χ4v) is 3.25. The van der Waals surface area contributed by atoms with Crippen LogP contribution in [-0.4, -0.2) is 6.61 Å². The van der Waals surface area contributed by atoms with E-state index in [2.05, 4.69) is 6.07 Å². The quantitative estimate of drug-likeness (QED) is 0.910. The number of fused-ring (bicyclic) bond motifs is 1. The summed E-state index contributed by atoms with van der Waals surface area (Å²) in [6.07, 6.45) is 1.54. The van der Waals surface area contributed by atoms with Crippen molar-refractivity contribution in [2.45, 2.75) is 24.8 Å². The first kappa shape index (κ1) is 14.4. The fourth-order valence-electron chi connectivity index (χ4n) is 2.95. The zero-order chi connectivity index (χ0) is 14.8. The summed E-state index contributed by atoms with van der Waals surface area (Å²) in [5, 5.41) is 0.392. The molecule has 2 aromatic rings. The Balaban J connectivity index is 1.85. The summed E-state index contributed by atoms with van der Waals surface area (Å²) in [6, 6.07) is 12.2. The van der Waals surface area contributed by atoms with Crippen LogP contribution in [0, 0.1) is 5.82 Å². The fraction of sp³-hybridized carbons (Fsp3) is 0.294. The number of nitrogens with two attached hydrogens (primary N) is 1. The van der Waals surface area contributed by atoms with Gasteiger partial charge in [-0.1, -0.05) is 35.9 Å². The van der Waals surface area contributed by atoms with Gasteiger partial charge in [-0.25, -0.2) is 4.39 Å². The topological polar surface area (TPSA) is 35.2 Å². The first-order chi connectivity index (χ1) is 10.2. The van der Waals surface area contributed by atoms with Gasteiger partial charge in [0.05, 0.1) is 6.61 Å². The maximum Gasteiger partial charge on any atom is 0.129 e. The number of benzene rings is 2. The molecular formula is C17H17ClFNO. The number of rotatable bonds is 3. The third-order valence-electron chi connectivity index (χ3n) is 3.99. The van der Waals surface area contributed by atoms with Gasteiger partial charge in [-0.2, -0.15) is 0 Å². The molecule has 110 valence electrons. The molecule has 0 spiro atoms. The molecule has 0 aromatic heterocycles. The van der Waals surface area contributed by atoms with E-state index in [-0.39, 0.29) is 11.7 Å². The highest BCUT2D eigenvalue weighted by molar-refractivity contribution is 6.31. The standard InChI is InChI=1S/C17H17ClFNO/c18-13-5-3-6-14(19)17(13)15(20)10-11-8-9-21-16-7-2-1-4-12(11)16/h1-7,11,15H,8-10,20H2. The third-order valence-corrected chi connectivity index (χ3v) is 4.32. The molecule has 2 atom stereocenters. The summed E-state index contributed by atoms with van der Waals surface area (Å²) in [6.45, 7) is 0.666.